The van der Waals surface area contributed by atoms with Gasteiger partial charge in [0.25, 0.3) is 0 Å². The van der Waals surface area contributed by atoms with Crippen molar-refractivity contribution in [2.75, 3.05) is 6.54 Å². The molecule has 3 aromatic rings. The fourth-order valence-electron chi connectivity index (χ4n) is 2.65. The Kier molecular flexibility index (Phi) is 5.19. The Hall–Kier alpha value is -2.52. The number of hydrogen-bond donors (Lipinski definition) is 2. The second kappa shape index (κ2) is 7.38. The van der Waals surface area contributed by atoms with Crippen LogP contribution >= 0.6 is 0 Å². The highest BCUT2D eigenvalue weighted by Gasteiger charge is 2.23. The summed E-state index contributed by atoms with van der Waals surface area (Å²) in [5.74, 6) is 1.58. The second-order valence-electron chi connectivity index (χ2n) is 6.16. The Bertz CT molecular complexity index is 970. The second-order valence-corrected chi connectivity index (χ2v) is 7.87. The van der Waals surface area contributed by atoms with Crippen LogP contribution in [0.3, 0.4) is 0 Å². The van der Waals surface area contributed by atoms with Crippen molar-refractivity contribution in [3.05, 3.63) is 58.5 Å². The summed E-state index contributed by atoms with van der Waals surface area (Å²) in [5.41, 5.74) is 2.68. The highest BCUT2D eigenvalue weighted by atomic mass is 32.2. The molecule has 2 N–H and O–H groups in total. The summed E-state index contributed by atoms with van der Waals surface area (Å²) < 4.78 is 32.1. The zero-order valence-electron chi connectivity index (χ0n) is 14.9. The number of nitrogens with zero attached hydrogens (tertiary/aromatic N) is 3. The highest BCUT2D eigenvalue weighted by molar-refractivity contribution is 7.89. The summed E-state index contributed by atoms with van der Waals surface area (Å²) in [6.07, 6.45) is 1.03. The van der Waals surface area contributed by atoms with E-state index in [4.69, 9.17) is 4.52 Å². The van der Waals surface area contributed by atoms with Crippen LogP contribution in [-0.4, -0.2) is 35.3 Å². The first-order valence-corrected chi connectivity index (χ1v) is 9.72. The Morgan fingerprint density at radius 3 is 2.54 bits per heavy atom. The normalized spacial score (nSPS) is 11.8. The van der Waals surface area contributed by atoms with Crippen LogP contribution in [0, 0.1) is 20.8 Å². The Labute approximate surface area is 152 Å². The van der Waals surface area contributed by atoms with Crippen LogP contribution in [0.5, 0.6) is 0 Å². The van der Waals surface area contributed by atoms with Gasteiger partial charge in [-0.1, -0.05) is 35.0 Å². The third-order valence-corrected chi connectivity index (χ3v) is 5.65. The van der Waals surface area contributed by atoms with Crippen LogP contribution in [0.2, 0.25) is 0 Å². The molecule has 0 saturated heterocycles. The quantitative estimate of drug-likeness (QED) is 0.651. The molecule has 0 unspecified atom stereocenters. The van der Waals surface area contributed by atoms with Crippen LogP contribution < -0.4 is 4.72 Å². The first-order chi connectivity index (χ1) is 12.3. The number of aromatic nitrogens is 4. The number of rotatable bonds is 7. The average Bonchev–Trinajstić information content (AvgIpc) is 3.16. The maximum absolute atomic E-state index is 12.3. The van der Waals surface area contributed by atoms with Crippen LogP contribution in [0.1, 0.15) is 34.2 Å². The molecule has 0 aliphatic heterocycles. The maximum Gasteiger partial charge on any atom is 0.245 e. The van der Waals surface area contributed by atoms with Gasteiger partial charge in [-0.3, -0.25) is 5.10 Å². The lowest BCUT2D eigenvalue weighted by Crippen LogP contribution is -2.27. The lowest BCUT2D eigenvalue weighted by atomic mass is 10.1. The van der Waals surface area contributed by atoms with Gasteiger partial charge >= 0.3 is 0 Å². The molecule has 26 heavy (non-hydrogen) atoms. The molecular weight excluding hydrogens is 354 g/mol. The predicted molar refractivity (Wildman–Crippen MR) is 95.2 cm³/mol. The van der Waals surface area contributed by atoms with Crippen molar-refractivity contribution < 1.29 is 12.9 Å². The van der Waals surface area contributed by atoms with E-state index in [-0.39, 0.29) is 17.2 Å². The maximum atomic E-state index is 12.3. The van der Waals surface area contributed by atoms with E-state index >= 15 is 0 Å². The molecule has 3 rings (SSSR count). The minimum absolute atomic E-state index is 0.0903. The predicted octanol–water partition coefficient (Wildman–Crippen LogP) is 1.83. The van der Waals surface area contributed by atoms with Crippen molar-refractivity contribution in [2.45, 2.75) is 38.5 Å². The standard InChI is InChI=1S/C17H21N5O3S/c1-11-4-6-14(7-5-11)10-16-19-15(20-21-16)8-9-18-26(23,24)17-12(2)22-25-13(17)3/h4-7,18H,8-10H2,1-3H3,(H,19,20,21). The van der Waals surface area contributed by atoms with Crippen molar-refractivity contribution in [2.24, 2.45) is 0 Å². The Morgan fingerprint density at radius 2 is 1.88 bits per heavy atom. The molecule has 9 heteroatoms. The van der Waals surface area contributed by atoms with Gasteiger partial charge in [0.1, 0.15) is 16.4 Å². The van der Waals surface area contributed by atoms with Gasteiger partial charge in [-0.15, -0.1) is 0 Å². The molecule has 0 fully saturated rings. The van der Waals surface area contributed by atoms with Crippen molar-refractivity contribution >= 4 is 10.0 Å². The lowest BCUT2D eigenvalue weighted by molar-refractivity contribution is 0.390. The molecule has 0 spiro atoms. The molecule has 0 aliphatic carbocycles. The topological polar surface area (TPSA) is 114 Å². The number of sulfonamides is 1. The molecular formula is C17H21N5O3S. The summed E-state index contributed by atoms with van der Waals surface area (Å²) in [5, 5.41) is 10.7. The molecule has 0 amide bonds. The fraction of sp³-hybridized carbons (Fsp3) is 0.353. The molecule has 1 aromatic carbocycles. The van der Waals surface area contributed by atoms with Gasteiger partial charge in [-0.05, 0) is 26.3 Å². The van der Waals surface area contributed by atoms with Crippen LogP contribution in [0.15, 0.2) is 33.7 Å². The van der Waals surface area contributed by atoms with Gasteiger partial charge in [0.05, 0.1) is 0 Å². The van der Waals surface area contributed by atoms with E-state index < -0.39 is 10.0 Å². The van der Waals surface area contributed by atoms with Gasteiger partial charge in [0.2, 0.25) is 10.0 Å². The average molecular weight is 375 g/mol. The van der Waals surface area contributed by atoms with Crippen LogP contribution in [-0.2, 0) is 22.9 Å². The number of hydrogen-bond acceptors (Lipinski definition) is 6. The minimum atomic E-state index is -3.67. The molecule has 138 valence electrons. The van der Waals surface area contributed by atoms with Crippen molar-refractivity contribution in [1.82, 2.24) is 25.1 Å². The highest BCUT2D eigenvalue weighted by Crippen LogP contribution is 2.18. The molecule has 0 aliphatic rings. The first-order valence-electron chi connectivity index (χ1n) is 8.23. The number of benzene rings is 1. The summed E-state index contributed by atoms with van der Waals surface area (Å²) in [6, 6.07) is 8.21. The number of aryl methyl sites for hydroxylation is 3. The Balaban J connectivity index is 1.57. The summed E-state index contributed by atoms with van der Waals surface area (Å²) in [6.45, 7) is 5.40. The van der Waals surface area contributed by atoms with Crippen molar-refractivity contribution in [1.29, 1.82) is 0 Å². The van der Waals surface area contributed by atoms with E-state index in [0.29, 0.717) is 24.4 Å². The zero-order valence-corrected chi connectivity index (χ0v) is 15.7. The van der Waals surface area contributed by atoms with E-state index in [0.717, 1.165) is 11.4 Å². The zero-order chi connectivity index (χ0) is 18.7. The first kappa shape index (κ1) is 18.3. The van der Waals surface area contributed by atoms with E-state index in [1.807, 2.05) is 6.92 Å². The van der Waals surface area contributed by atoms with Crippen LogP contribution in [0.25, 0.3) is 0 Å². The van der Waals surface area contributed by atoms with Gasteiger partial charge in [-0.25, -0.2) is 18.1 Å². The smallest absolute Gasteiger partial charge is 0.245 e. The third kappa shape index (κ3) is 4.17. The molecule has 2 aromatic heterocycles. The van der Waals surface area contributed by atoms with Gasteiger partial charge in [0.15, 0.2) is 11.6 Å². The van der Waals surface area contributed by atoms with Gasteiger partial charge in [-0.2, -0.15) is 5.10 Å². The van der Waals surface area contributed by atoms with E-state index in [1.165, 1.54) is 5.56 Å². The van der Waals surface area contributed by atoms with E-state index in [1.54, 1.807) is 13.8 Å². The van der Waals surface area contributed by atoms with E-state index in [2.05, 4.69) is 49.3 Å². The molecule has 0 radical (unpaired) electrons. The molecule has 8 nitrogen and oxygen atoms in total. The molecule has 0 saturated carbocycles. The lowest BCUT2D eigenvalue weighted by Gasteiger charge is -2.04. The largest absolute Gasteiger partial charge is 0.360 e. The summed E-state index contributed by atoms with van der Waals surface area (Å²) in [7, 11) is -3.67. The SMILES string of the molecule is Cc1ccc(Cc2nc(CCNS(=O)(=O)c3c(C)noc3C)n[nH]2)cc1. The fourth-order valence-corrected chi connectivity index (χ4v) is 4.01. The monoisotopic (exact) mass is 375 g/mol. The van der Waals surface area contributed by atoms with Crippen LogP contribution in [0.4, 0.5) is 0 Å². The molecule has 0 atom stereocenters. The third-order valence-electron chi connectivity index (χ3n) is 3.95. The number of nitrogens with one attached hydrogen (secondary N) is 2. The summed E-state index contributed by atoms with van der Waals surface area (Å²) >= 11 is 0. The van der Waals surface area contributed by atoms with Gasteiger partial charge in [0, 0.05) is 19.4 Å². The van der Waals surface area contributed by atoms with Crippen molar-refractivity contribution in [3.8, 4) is 0 Å². The summed E-state index contributed by atoms with van der Waals surface area (Å²) in [4.78, 5) is 4.50. The molecule has 2 heterocycles. The van der Waals surface area contributed by atoms with Crippen molar-refractivity contribution in [3.63, 3.8) is 0 Å². The van der Waals surface area contributed by atoms with E-state index in [9.17, 15) is 8.42 Å². The Morgan fingerprint density at radius 1 is 1.15 bits per heavy atom. The van der Waals surface area contributed by atoms with Gasteiger partial charge < -0.3 is 4.52 Å². The minimum Gasteiger partial charge on any atom is -0.360 e. The number of aromatic amines is 1. The number of H-pyrrole nitrogens is 1. The molecule has 0 bridgehead atoms.